The van der Waals surface area contributed by atoms with Crippen LogP contribution in [0.3, 0.4) is 0 Å². The van der Waals surface area contributed by atoms with E-state index >= 15 is 0 Å². The Balaban J connectivity index is 1.19. The molecule has 4 aromatic rings. The van der Waals surface area contributed by atoms with E-state index in [-0.39, 0.29) is 17.9 Å². The van der Waals surface area contributed by atoms with Crippen molar-refractivity contribution in [2.45, 2.75) is 25.3 Å². The normalized spacial score (nSPS) is 15.1. The van der Waals surface area contributed by atoms with Crippen LogP contribution in [-0.2, 0) is 6.42 Å². The summed E-state index contributed by atoms with van der Waals surface area (Å²) < 4.78 is 10.8. The lowest BCUT2D eigenvalue weighted by molar-refractivity contribution is 0.0941. The predicted molar refractivity (Wildman–Crippen MR) is 156 cm³/mol. The molecule has 0 spiro atoms. The molecule has 8 heteroatoms. The molecule has 206 valence electrons. The Labute approximate surface area is 234 Å². The Morgan fingerprint density at radius 3 is 2.60 bits per heavy atom. The summed E-state index contributed by atoms with van der Waals surface area (Å²) in [4.78, 5) is 33.0. The number of ether oxygens (including phenoxy) is 2. The van der Waals surface area contributed by atoms with Crippen molar-refractivity contribution in [1.82, 2.24) is 15.2 Å². The first-order valence-corrected chi connectivity index (χ1v) is 13.5. The maximum Gasteiger partial charge on any atom is 0.257 e. The van der Waals surface area contributed by atoms with Gasteiger partial charge in [0, 0.05) is 30.7 Å². The number of nitrogens with zero attached hydrogens (tertiary/aromatic N) is 2. The molecule has 0 aliphatic carbocycles. The van der Waals surface area contributed by atoms with E-state index in [9.17, 15) is 9.59 Å². The van der Waals surface area contributed by atoms with Gasteiger partial charge in [0.15, 0.2) is 11.5 Å². The molecule has 1 aliphatic heterocycles. The first-order chi connectivity index (χ1) is 19.6. The molecule has 2 N–H and O–H groups in total. The molecule has 5 rings (SSSR count). The van der Waals surface area contributed by atoms with E-state index in [4.69, 9.17) is 9.47 Å². The number of hydrogen-bond donors (Lipinski definition) is 2. The molecule has 3 aromatic carbocycles. The standard InChI is InChI=1S/C32H34N4O4/c1-39-29-14-13-22(18-30(29)40-2)15-17-36-16-7-9-25(36)21-34-32(38)26-10-4-6-12-28(26)35-31(37)24-19-23-8-3-5-11-27(23)33-20-24/h3-6,8,10-14,18-20,25H,7,9,15-17,21H2,1-2H3,(H,34,38)(H,35,37)/t25-/m1/s1. The number of para-hydroxylation sites is 2. The fourth-order valence-electron chi connectivity index (χ4n) is 5.22. The fraction of sp³-hybridized carbons (Fsp3) is 0.281. The number of benzene rings is 3. The second-order valence-electron chi connectivity index (χ2n) is 9.90. The van der Waals surface area contributed by atoms with Gasteiger partial charge in [0.1, 0.15) is 0 Å². The quantitative estimate of drug-likeness (QED) is 0.297. The van der Waals surface area contributed by atoms with Gasteiger partial charge < -0.3 is 20.1 Å². The molecule has 1 aromatic heterocycles. The van der Waals surface area contributed by atoms with E-state index in [0.717, 1.165) is 54.8 Å². The number of amides is 2. The lowest BCUT2D eigenvalue weighted by atomic mass is 10.1. The van der Waals surface area contributed by atoms with Crippen molar-refractivity contribution in [3.63, 3.8) is 0 Å². The van der Waals surface area contributed by atoms with Gasteiger partial charge >= 0.3 is 0 Å². The Bertz CT molecular complexity index is 1510. The highest BCUT2D eigenvalue weighted by Gasteiger charge is 2.25. The average Bonchev–Trinajstić information content (AvgIpc) is 3.46. The maximum absolute atomic E-state index is 13.2. The van der Waals surface area contributed by atoms with Crippen LogP contribution in [0.1, 0.15) is 39.1 Å². The van der Waals surface area contributed by atoms with Gasteiger partial charge in [-0.15, -0.1) is 0 Å². The molecule has 8 nitrogen and oxygen atoms in total. The molecule has 0 unspecified atom stereocenters. The Hall–Kier alpha value is -4.43. The third-order valence-electron chi connectivity index (χ3n) is 7.41. The van der Waals surface area contributed by atoms with Gasteiger partial charge in [0.2, 0.25) is 0 Å². The molecule has 0 bridgehead atoms. The van der Waals surface area contributed by atoms with Crippen molar-refractivity contribution in [2.75, 3.05) is 39.2 Å². The van der Waals surface area contributed by atoms with E-state index in [2.05, 4.69) is 26.6 Å². The highest BCUT2D eigenvalue weighted by Crippen LogP contribution is 2.28. The van der Waals surface area contributed by atoms with E-state index in [1.54, 1.807) is 50.7 Å². The number of pyridine rings is 1. The second kappa shape index (κ2) is 12.6. The predicted octanol–water partition coefficient (Wildman–Crippen LogP) is 4.94. The topological polar surface area (TPSA) is 92.8 Å². The maximum atomic E-state index is 13.2. The van der Waals surface area contributed by atoms with Gasteiger partial charge in [0.25, 0.3) is 11.8 Å². The molecule has 1 saturated heterocycles. The lowest BCUT2D eigenvalue weighted by Gasteiger charge is -2.25. The average molecular weight is 539 g/mol. The molecular weight excluding hydrogens is 504 g/mol. The summed E-state index contributed by atoms with van der Waals surface area (Å²) in [6.07, 6.45) is 4.55. The van der Waals surface area contributed by atoms with Crippen molar-refractivity contribution in [2.24, 2.45) is 0 Å². The molecule has 40 heavy (non-hydrogen) atoms. The zero-order valence-corrected chi connectivity index (χ0v) is 22.9. The third-order valence-corrected chi connectivity index (χ3v) is 7.41. The van der Waals surface area contributed by atoms with Crippen molar-refractivity contribution in [1.29, 1.82) is 0 Å². The van der Waals surface area contributed by atoms with Crippen LogP contribution in [-0.4, -0.2) is 61.6 Å². The molecule has 2 heterocycles. The number of anilines is 1. The summed E-state index contributed by atoms with van der Waals surface area (Å²) in [5, 5.41) is 6.88. The molecule has 2 amide bonds. The van der Waals surface area contributed by atoms with Gasteiger partial charge in [-0.1, -0.05) is 36.4 Å². The van der Waals surface area contributed by atoms with Gasteiger partial charge in [-0.3, -0.25) is 19.5 Å². The van der Waals surface area contributed by atoms with E-state index in [0.29, 0.717) is 23.4 Å². The second-order valence-corrected chi connectivity index (χ2v) is 9.90. The van der Waals surface area contributed by atoms with Crippen LogP contribution in [0.5, 0.6) is 11.5 Å². The van der Waals surface area contributed by atoms with Crippen LogP contribution >= 0.6 is 0 Å². The zero-order valence-electron chi connectivity index (χ0n) is 22.9. The lowest BCUT2D eigenvalue weighted by Crippen LogP contribution is -2.41. The Morgan fingerprint density at radius 2 is 1.75 bits per heavy atom. The number of hydrogen-bond acceptors (Lipinski definition) is 6. The minimum absolute atomic E-state index is 0.209. The summed E-state index contributed by atoms with van der Waals surface area (Å²) in [7, 11) is 3.28. The van der Waals surface area contributed by atoms with Crippen LogP contribution in [0.15, 0.2) is 79.0 Å². The zero-order chi connectivity index (χ0) is 27.9. The first kappa shape index (κ1) is 27.1. The minimum atomic E-state index is -0.310. The monoisotopic (exact) mass is 538 g/mol. The van der Waals surface area contributed by atoms with E-state index in [1.807, 2.05) is 36.4 Å². The summed E-state index contributed by atoms with van der Waals surface area (Å²) in [5.74, 6) is 0.932. The number of aromatic nitrogens is 1. The fourth-order valence-corrected chi connectivity index (χ4v) is 5.22. The van der Waals surface area contributed by atoms with Crippen LogP contribution in [0, 0.1) is 0 Å². The highest BCUT2D eigenvalue weighted by molar-refractivity contribution is 6.09. The van der Waals surface area contributed by atoms with Gasteiger partial charge in [-0.25, -0.2) is 0 Å². The van der Waals surface area contributed by atoms with E-state index < -0.39 is 0 Å². The number of nitrogens with one attached hydrogen (secondary N) is 2. The van der Waals surface area contributed by atoms with Gasteiger partial charge in [-0.05, 0) is 67.8 Å². The summed E-state index contributed by atoms with van der Waals surface area (Å²) >= 11 is 0. The number of fused-ring (bicyclic) bond motifs is 1. The van der Waals surface area contributed by atoms with Crippen LogP contribution in [0.4, 0.5) is 5.69 Å². The SMILES string of the molecule is COc1ccc(CCN2CCC[C@@H]2CNC(=O)c2ccccc2NC(=O)c2cnc3ccccc3c2)cc1OC. The minimum Gasteiger partial charge on any atom is -0.493 e. The van der Waals surface area contributed by atoms with Gasteiger partial charge in [0.05, 0.1) is 36.6 Å². The van der Waals surface area contributed by atoms with Crippen LogP contribution in [0.25, 0.3) is 10.9 Å². The summed E-state index contributed by atoms with van der Waals surface area (Å²) in [6, 6.07) is 22.8. The summed E-state index contributed by atoms with van der Waals surface area (Å²) in [6.45, 7) is 2.43. The number of rotatable bonds is 10. The Kier molecular flexibility index (Phi) is 8.56. The molecule has 0 saturated carbocycles. The van der Waals surface area contributed by atoms with Crippen LogP contribution < -0.4 is 20.1 Å². The smallest absolute Gasteiger partial charge is 0.257 e. The largest absolute Gasteiger partial charge is 0.493 e. The summed E-state index contributed by atoms with van der Waals surface area (Å²) in [5.41, 5.74) is 3.33. The number of likely N-dealkylation sites (tertiary alicyclic amines) is 1. The van der Waals surface area contributed by atoms with Crippen molar-refractivity contribution in [3.8, 4) is 11.5 Å². The van der Waals surface area contributed by atoms with Gasteiger partial charge in [-0.2, -0.15) is 0 Å². The molecule has 1 fully saturated rings. The van der Waals surface area contributed by atoms with E-state index in [1.165, 1.54) is 5.56 Å². The molecule has 0 radical (unpaired) electrons. The first-order valence-electron chi connectivity index (χ1n) is 13.5. The molecule has 1 atom stereocenters. The van der Waals surface area contributed by atoms with Crippen molar-refractivity contribution in [3.05, 3.63) is 95.7 Å². The molecular formula is C32H34N4O4. The Morgan fingerprint density at radius 1 is 0.950 bits per heavy atom. The highest BCUT2D eigenvalue weighted by atomic mass is 16.5. The van der Waals surface area contributed by atoms with Crippen molar-refractivity contribution >= 4 is 28.4 Å². The van der Waals surface area contributed by atoms with Crippen LogP contribution in [0.2, 0.25) is 0 Å². The number of carbonyl (C=O) groups excluding carboxylic acids is 2. The number of methoxy groups -OCH3 is 2. The third kappa shape index (κ3) is 6.24. The number of carbonyl (C=O) groups is 2. The molecule has 1 aliphatic rings. The van der Waals surface area contributed by atoms with Crippen molar-refractivity contribution < 1.29 is 19.1 Å².